The molecule has 0 aliphatic carbocycles. The van der Waals surface area contributed by atoms with Gasteiger partial charge in [-0.2, -0.15) is 0 Å². The van der Waals surface area contributed by atoms with Gasteiger partial charge in [-0.05, 0) is 43.7 Å². The van der Waals surface area contributed by atoms with Crippen LogP contribution in [0.4, 0.5) is 0 Å². The first kappa shape index (κ1) is 20.2. The van der Waals surface area contributed by atoms with Gasteiger partial charge < -0.3 is 9.30 Å². The standard InChI is InChI=1S/C22H19Cl2NO3/c1-14-10-19(15(2)25(14)12-16-6-4-3-5-7-16)21(26)13-28-22(27)18-9-8-17(23)11-20(18)24/h3-11H,12-13H2,1-2H3. The molecular weight excluding hydrogens is 397 g/mol. The van der Waals surface area contributed by atoms with Gasteiger partial charge in [-0.3, -0.25) is 4.79 Å². The van der Waals surface area contributed by atoms with Crippen LogP contribution in [0.3, 0.4) is 0 Å². The molecule has 0 unspecified atom stereocenters. The number of halogens is 2. The van der Waals surface area contributed by atoms with E-state index in [9.17, 15) is 9.59 Å². The van der Waals surface area contributed by atoms with Crippen LogP contribution in [-0.4, -0.2) is 22.9 Å². The Kier molecular flexibility index (Phi) is 6.22. The number of ketones is 1. The van der Waals surface area contributed by atoms with Crippen molar-refractivity contribution < 1.29 is 14.3 Å². The van der Waals surface area contributed by atoms with Crippen LogP contribution >= 0.6 is 23.2 Å². The second-order valence-corrected chi connectivity index (χ2v) is 7.32. The number of carbonyl (C=O) groups is 2. The number of ether oxygens (including phenoxy) is 1. The molecule has 0 N–H and O–H groups in total. The molecule has 0 spiro atoms. The predicted molar refractivity (Wildman–Crippen MR) is 111 cm³/mol. The van der Waals surface area contributed by atoms with Gasteiger partial charge in [0, 0.05) is 28.5 Å². The molecule has 3 rings (SSSR count). The molecule has 0 aliphatic heterocycles. The molecule has 6 heteroatoms. The number of esters is 1. The van der Waals surface area contributed by atoms with Crippen molar-refractivity contribution >= 4 is 35.0 Å². The molecule has 0 aliphatic rings. The van der Waals surface area contributed by atoms with Gasteiger partial charge >= 0.3 is 5.97 Å². The van der Waals surface area contributed by atoms with Gasteiger partial charge in [-0.1, -0.05) is 53.5 Å². The van der Waals surface area contributed by atoms with Crippen molar-refractivity contribution in [2.24, 2.45) is 0 Å². The summed E-state index contributed by atoms with van der Waals surface area (Å²) in [5.41, 5.74) is 3.67. The fourth-order valence-corrected chi connectivity index (χ4v) is 3.52. The van der Waals surface area contributed by atoms with E-state index in [2.05, 4.69) is 4.57 Å². The Morgan fingerprint density at radius 1 is 0.964 bits per heavy atom. The Morgan fingerprint density at radius 2 is 1.68 bits per heavy atom. The molecule has 3 aromatic rings. The number of hydrogen-bond acceptors (Lipinski definition) is 3. The molecule has 0 amide bonds. The third kappa shape index (κ3) is 4.46. The zero-order valence-electron chi connectivity index (χ0n) is 15.5. The van der Waals surface area contributed by atoms with Gasteiger partial charge in [0.15, 0.2) is 6.61 Å². The first-order valence-electron chi connectivity index (χ1n) is 8.73. The zero-order chi connectivity index (χ0) is 20.3. The van der Waals surface area contributed by atoms with Crippen LogP contribution < -0.4 is 0 Å². The van der Waals surface area contributed by atoms with Gasteiger partial charge in [-0.15, -0.1) is 0 Å². The molecule has 0 saturated carbocycles. The summed E-state index contributed by atoms with van der Waals surface area (Å²) in [6, 6.07) is 16.3. The highest BCUT2D eigenvalue weighted by Crippen LogP contribution is 2.22. The van der Waals surface area contributed by atoms with Gasteiger partial charge in [0.1, 0.15) is 0 Å². The third-order valence-corrected chi connectivity index (χ3v) is 5.09. The summed E-state index contributed by atoms with van der Waals surface area (Å²) in [6.07, 6.45) is 0. The van der Waals surface area contributed by atoms with Crippen LogP contribution in [0.15, 0.2) is 54.6 Å². The van der Waals surface area contributed by atoms with E-state index in [0.29, 0.717) is 17.1 Å². The average Bonchev–Trinajstić information content (AvgIpc) is 2.95. The van der Waals surface area contributed by atoms with Crippen LogP contribution in [-0.2, 0) is 11.3 Å². The van der Waals surface area contributed by atoms with Crippen molar-refractivity contribution in [2.45, 2.75) is 20.4 Å². The minimum absolute atomic E-state index is 0.174. The molecule has 0 bridgehead atoms. The predicted octanol–water partition coefficient (Wildman–Crippen LogP) is 5.50. The van der Waals surface area contributed by atoms with Crippen LogP contribution in [0.25, 0.3) is 0 Å². The number of Topliss-reactive ketones (excluding diaryl/α,β-unsaturated/α-hetero) is 1. The van der Waals surface area contributed by atoms with E-state index in [1.807, 2.05) is 50.2 Å². The van der Waals surface area contributed by atoms with Gasteiger partial charge in [0.2, 0.25) is 5.78 Å². The Balaban J connectivity index is 1.71. The highest BCUT2D eigenvalue weighted by Gasteiger charge is 2.19. The molecule has 0 fully saturated rings. The number of rotatable bonds is 6. The monoisotopic (exact) mass is 415 g/mol. The molecular formula is C22H19Cl2NO3. The largest absolute Gasteiger partial charge is 0.454 e. The maximum absolute atomic E-state index is 12.6. The van der Waals surface area contributed by atoms with Crippen molar-refractivity contribution in [2.75, 3.05) is 6.61 Å². The summed E-state index contributed by atoms with van der Waals surface area (Å²) < 4.78 is 7.23. The lowest BCUT2D eigenvalue weighted by Gasteiger charge is -2.10. The van der Waals surface area contributed by atoms with Gasteiger partial charge in [0.25, 0.3) is 0 Å². The van der Waals surface area contributed by atoms with Gasteiger partial charge in [0.05, 0.1) is 10.6 Å². The SMILES string of the molecule is Cc1cc(C(=O)COC(=O)c2ccc(Cl)cc2Cl)c(C)n1Cc1ccccc1. The van der Waals surface area contributed by atoms with E-state index in [4.69, 9.17) is 27.9 Å². The van der Waals surface area contributed by atoms with E-state index in [1.165, 1.54) is 12.1 Å². The quantitative estimate of drug-likeness (QED) is 0.394. The first-order valence-corrected chi connectivity index (χ1v) is 9.48. The van der Waals surface area contributed by atoms with E-state index >= 15 is 0 Å². The zero-order valence-corrected chi connectivity index (χ0v) is 17.1. The van der Waals surface area contributed by atoms with Crippen LogP contribution in [0, 0.1) is 13.8 Å². The van der Waals surface area contributed by atoms with Crippen molar-refractivity contribution in [1.29, 1.82) is 0 Å². The minimum Gasteiger partial charge on any atom is -0.454 e. The molecule has 2 aromatic carbocycles. The van der Waals surface area contributed by atoms with Crippen molar-refractivity contribution in [3.8, 4) is 0 Å². The van der Waals surface area contributed by atoms with Crippen molar-refractivity contribution in [3.63, 3.8) is 0 Å². The summed E-state index contributed by atoms with van der Waals surface area (Å²) in [7, 11) is 0. The average molecular weight is 416 g/mol. The van der Waals surface area contributed by atoms with Crippen molar-refractivity contribution in [1.82, 2.24) is 4.57 Å². The minimum atomic E-state index is -0.659. The van der Waals surface area contributed by atoms with Crippen LogP contribution in [0.2, 0.25) is 10.0 Å². The lowest BCUT2D eigenvalue weighted by Crippen LogP contribution is -2.15. The molecule has 0 saturated heterocycles. The molecule has 0 atom stereocenters. The highest BCUT2D eigenvalue weighted by atomic mass is 35.5. The normalized spacial score (nSPS) is 10.7. The lowest BCUT2D eigenvalue weighted by molar-refractivity contribution is 0.0474. The maximum Gasteiger partial charge on any atom is 0.340 e. The van der Waals surface area contributed by atoms with Crippen LogP contribution in [0.1, 0.15) is 37.7 Å². The molecule has 28 heavy (non-hydrogen) atoms. The second kappa shape index (κ2) is 8.63. The van der Waals surface area contributed by atoms with Crippen molar-refractivity contribution in [3.05, 3.63) is 92.7 Å². The highest BCUT2D eigenvalue weighted by molar-refractivity contribution is 6.36. The molecule has 4 nitrogen and oxygen atoms in total. The maximum atomic E-state index is 12.6. The lowest BCUT2D eigenvalue weighted by atomic mass is 10.1. The summed E-state index contributed by atoms with van der Waals surface area (Å²) in [6.45, 7) is 4.16. The summed E-state index contributed by atoms with van der Waals surface area (Å²) >= 11 is 11.8. The van der Waals surface area contributed by atoms with E-state index < -0.39 is 5.97 Å². The van der Waals surface area contributed by atoms with Crippen LogP contribution in [0.5, 0.6) is 0 Å². The summed E-state index contributed by atoms with van der Waals surface area (Å²) in [4.78, 5) is 24.8. The number of carbonyl (C=O) groups excluding carboxylic acids is 2. The fourth-order valence-electron chi connectivity index (χ4n) is 3.03. The third-order valence-electron chi connectivity index (χ3n) is 4.54. The van der Waals surface area contributed by atoms with E-state index in [-0.39, 0.29) is 23.0 Å². The van der Waals surface area contributed by atoms with E-state index in [0.717, 1.165) is 17.0 Å². The molecule has 0 radical (unpaired) electrons. The fraction of sp³-hybridized carbons (Fsp3) is 0.182. The Labute approximate surface area is 173 Å². The summed E-state index contributed by atoms with van der Waals surface area (Å²) in [5, 5.41) is 0.606. The molecule has 1 heterocycles. The smallest absolute Gasteiger partial charge is 0.340 e. The second-order valence-electron chi connectivity index (χ2n) is 6.48. The number of benzene rings is 2. The Bertz CT molecular complexity index is 1030. The number of nitrogens with zero attached hydrogens (tertiary/aromatic N) is 1. The number of hydrogen-bond donors (Lipinski definition) is 0. The number of aromatic nitrogens is 1. The first-order chi connectivity index (χ1) is 13.4. The van der Waals surface area contributed by atoms with E-state index in [1.54, 1.807) is 6.07 Å². The Hall–Kier alpha value is -2.56. The number of aryl methyl sites for hydroxylation is 1. The Morgan fingerprint density at radius 3 is 2.36 bits per heavy atom. The topological polar surface area (TPSA) is 48.3 Å². The molecule has 1 aromatic heterocycles. The summed E-state index contributed by atoms with van der Waals surface area (Å²) in [5.74, 6) is -0.918. The molecule has 144 valence electrons. The van der Waals surface area contributed by atoms with Gasteiger partial charge in [-0.25, -0.2) is 4.79 Å².